The molecule has 120 valence electrons. The fraction of sp³-hybridized carbons (Fsp3) is 0.235. The molecule has 0 unspecified atom stereocenters. The third-order valence-electron chi connectivity index (χ3n) is 3.37. The molecular weight excluding hydrogens is 312 g/mol. The van der Waals surface area contributed by atoms with Crippen molar-refractivity contribution in [1.82, 2.24) is 4.31 Å². The normalized spacial score (nSPS) is 11.3. The zero-order valence-corrected chi connectivity index (χ0v) is 13.7. The lowest BCUT2D eigenvalue weighted by atomic mass is 10.2. The molecule has 0 aliphatic heterocycles. The van der Waals surface area contributed by atoms with Crippen LogP contribution in [0.3, 0.4) is 0 Å². The number of sulfonamides is 1. The second-order valence-corrected chi connectivity index (χ2v) is 6.83. The van der Waals surface area contributed by atoms with Crippen LogP contribution in [0.4, 0.5) is 0 Å². The maximum atomic E-state index is 12.9. The minimum atomic E-state index is -3.78. The Balaban J connectivity index is 2.39. The first-order valence-electron chi connectivity index (χ1n) is 7.11. The van der Waals surface area contributed by atoms with E-state index in [1.165, 1.54) is 23.5 Å². The summed E-state index contributed by atoms with van der Waals surface area (Å²) in [5.41, 5.74) is 1.02. The molecule has 0 N–H and O–H groups in total. The zero-order chi connectivity index (χ0) is 16.7. The monoisotopic (exact) mass is 330 g/mol. The molecule has 0 saturated heterocycles. The van der Waals surface area contributed by atoms with Crippen LogP contribution < -0.4 is 0 Å². The molecule has 2 aromatic carbocycles. The van der Waals surface area contributed by atoms with Crippen molar-refractivity contribution in [1.29, 1.82) is 5.26 Å². The number of methoxy groups -OCH3 is 1. The third-order valence-corrected chi connectivity index (χ3v) is 5.28. The Morgan fingerprint density at radius 3 is 2.39 bits per heavy atom. The molecule has 2 aromatic rings. The topological polar surface area (TPSA) is 70.4 Å². The molecular formula is C17H18N2O3S. The molecule has 0 aromatic heterocycles. The van der Waals surface area contributed by atoms with Crippen molar-refractivity contribution >= 4 is 10.0 Å². The van der Waals surface area contributed by atoms with Crippen LogP contribution in [0.25, 0.3) is 0 Å². The molecule has 0 atom stereocenters. The van der Waals surface area contributed by atoms with Crippen molar-refractivity contribution in [2.75, 3.05) is 20.3 Å². The third kappa shape index (κ3) is 4.17. The number of benzene rings is 2. The Morgan fingerprint density at radius 2 is 1.74 bits per heavy atom. The van der Waals surface area contributed by atoms with E-state index in [-0.39, 0.29) is 30.2 Å². The Morgan fingerprint density at radius 1 is 1.09 bits per heavy atom. The summed E-state index contributed by atoms with van der Waals surface area (Å²) < 4.78 is 32.2. The van der Waals surface area contributed by atoms with Gasteiger partial charge >= 0.3 is 0 Å². The molecule has 0 aliphatic rings. The summed E-state index contributed by atoms with van der Waals surface area (Å²) in [6, 6.07) is 17.5. The van der Waals surface area contributed by atoms with Gasteiger partial charge in [0, 0.05) is 20.2 Å². The quantitative estimate of drug-likeness (QED) is 0.781. The van der Waals surface area contributed by atoms with Crippen LogP contribution in [-0.4, -0.2) is 33.0 Å². The lowest BCUT2D eigenvalue weighted by Gasteiger charge is -2.22. The first-order chi connectivity index (χ1) is 11.1. The molecule has 23 heavy (non-hydrogen) atoms. The largest absolute Gasteiger partial charge is 0.383 e. The van der Waals surface area contributed by atoms with Gasteiger partial charge in [0.1, 0.15) is 6.07 Å². The van der Waals surface area contributed by atoms with Crippen molar-refractivity contribution in [2.24, 2.45) is 0 Å². The maximum Gasteiger partial charge on any atom is 0.244 e. The van der Waals surface area contributed by atoms with E-state index in [1.54, 1.807) is 12.1 Å². The molecule has 6 heteroatoms. The van der Waals surface area contributed by atoms with Gasteiger partial charge in [-0.15, -0.1) is 0 Å². The van der Waals surface area contributed by atoms with Gasteiger partial charge in [0.05, 0.1) is 17.1 Å². The summed E-state index contributed by atoms with van der Waals surface area (Å²) in [7, 11) is -2.26. The van der Waals surface area contributed by atoms with Crippen molar-refractivity contribution in [3.8, 4) is 6.07 Å². The minimum absolute atomic E-state index is 0.0227. The summed E-state index contributed by atoms with van der Waals surface area (Å²) in [4.78, 5) is 0.0227. The first-order valence-corrected chi connectivity index (χ1v) is 8.55. The lowest BCUT2D eigenvalue weighted by molar-refractivity contribution is 0.177. The first kappa shape index (κ1) is 17.2. The molecule has 5 nitrogen and oxygen atoms in total. The van der Waals surface area contributed by atoms with Gasteiger partial charge in [0.15, 0.2) is 0 Å². The summed E-state index contributed by atoms with van der Waals surface area (Å²) in [5.74, 6) is 0. The maximum absolute atomic E-state index is 12.9. The number of nitrogens with zero attached hydrogens (tertiary/aromatic N) is 2. The van der Waals surface area contributed by atoms with Gasteiger partial charge in [-0.1, -0.05) is 42.5 Å². The predicted octanol–water partition coefficient (Wildman–Crippen LogP) is 2.40. The summed E-state index contributed by atoms with van der Waals surface area (Å²) >= 11 is 0. The molecule has 2 rings (SSSR count). The van der Waals surface area contributed by atoms with Crippen LogP contribution in [0.5, 0.6) is 0 Å². The summed E-state index contributed by atoms with van der Waals surface area (Å²) in [6.07, 6.45) is 0. The van der Waals surface area contributed by atoms with Gasteiger partial charge in [-0.05, 0) is 17.7 Å². The summed E-state index contributed by atoms with van der Waals surface area (Å²) in [6.45, 7) is 0.723. The van der Waals surface area contributed by atoms with Crippen LogP contribution >= 0.6 is 0 Å². The molecule has 0 amide bonds. The van der Waals surface area contributed by atoms with Crippen LogP contribution in [0.1, 0.15) is 11.1 Å². The second-order valence-electron chi connectivity index (χ2n) is 4.92. The van der Waals surface area contributed by atoms with Gasteiger partial charge in [-0.2, -0.15) is 9.57 Å². The number of hydrogen-bond donors (Lipinski definition) is 0. The molecule has 0 saturated carbocycles. The number of nitriles is 1. The van der Waals surface area contributed by atoms with E-state index >= 15 is 0 Å². The van der Waals surface area contributed by atoms with E-state index in [9.17, 15) is 13.7 Å². The van der Waals surface area contributed by atoms with E-state index in [1.807, 2.05) is 36.4 Å². The Labute approximate surface area is 136 Å². The van der Waals surface area contributed by atoms with Gasteiger partial charge in [-0.3, -0.25) is 0 Å². The van der Waals surface area contributed by atoms with Crippen molar-refractivity contribution in [3.63, 3.8) is 0 Å². The van der Waals surface area contributed by atoms with Crippen molar-refractivity contribution in [2.45, 2.75) is 11.4 Å². The highest BCUT2D eigenvalue weighted by molar-refractivity contribution is 7.89. The summed E-state index contributed by atoms with van der Waals surface area (Å²) in [5, 5.41) is 9.17. The number of rotatable bonds is 7. The van der Waals surface area contributed by atoms with Crippen molar-refractivity contribution < 1.29 is 13.2 Å². The highest BCUT2D eigenvalue weighted by Gasteiger charge is 2.26. The second kappa shape index (κ2) is 7.88. The number of ether oxygens (including phenoxy) is 1. The Hall–Kier alpha value is -2.20. The SMILES string of the molecule is COCCN(Cc1ccccc1)S(=O)(=O)c1ccccc1C#N. The van der Waals surface area contributed by atoms with E-state index < -0.39 is 10.0 Å². The van der Waals surface area contributed by atoms with Crippen LogP contribution in [0.2, 0.25) is 0 Å². The van der Waals surface area contributed by atoms with E-state index in [2.05, 4.69) is 0 Å². The smallest absolute Gasteiger partial charge is 0.244 e. The van der Waals surface area contributed by atoms with Crippen LogP contribution in [-0.2, 0) is 21.3 Å². The standard InChI is InChI=1S/C17H18N2O3S/c1-22-12-11-19(14-15-7-3-2-4-8-15)23(20,21)17-10-6-5-9-16(17)13-18/h2-10H,11-12,14H2,1H3. The fourth-order valence-corrected chi connectivity index (χ4v) is 3.74. The Kier molecular flexibility index (Phi) is 5.88. The highest BCUT2D eigenvalue weighted by Crippen LogP contribution is 2.21. The average molecular weight is 330 g/mol. The molecule has 0 bridgehead atoms. The van der Waals surface area contributed by atoms with Crippen LogP contribution in [0, 0.1) is 11.3 Å². The number of hydrogen-bond acceptors (Lipinski definition) is 4. The van der Waals surface area contributed by atoms with E-state index in [0.717, 1.165) is 5.56 Å². The van der Waals surface area contributed by atoms with Gasteiger partial charge < -0.3 is 4.74 Å². The van der Waals surface area contributed by atoms with Crippen molar-refractivity contribution in [3.05, 3.63) is 65.7 Å². The molecule has 0 fully saturated rings. The highest BCUT2D eigenvalue weighted by atomic mass is 32.2. The minimum Gasteiger partial charge on any atom is -0.383 e. The lowest BCUT2D eigenvalue weighted by Crippen LogP contribution is -2.34. The van der Waals surface area contributed by atoms with Gasteiger partial charge in [-0.25, -0.2) is 8.42 Å². The molecule has 0 heterocycles. The molecule has 0 aliphatic carbocycles. The van der Waals surface area contributed by atoms with E-state index in [4.69, 9.17) is 4.74 Å². The van der Waals surface area contributed by atoms with Crippen LogP contribution in [0.15, 0.2) is 59.5 Å². The molecule has 0 radical (unpaired) electrons. The van der Waals surface area contributed by atoms with E-state index in [0.29, 0.717) is 0 Å². The fourth-order valence-electron chi connectivity index (χ4n) is 2.19. The Bertz CT molecular complexity index is 783. The zero-order valence-electron chi connectivity index (χ0n) is 12.8. The molecule has 0 spiro atoms. The van der Waals surface area contributed by atoms with Gasteiger partial charge in [0.25, 0.3) is 0 Å². The van der Waals surface area contributed by atoms with Gasteiger partial charge in [0.2, 0.25) is 10.0 Å². The average Bonchev–Trinajstić information content (AvgIpc) is 2.59. The predicted molar refractivity (Wildman–Crippen MR) is 87.1 cm³/mol.